The van der Waals surface area contributed by atoms with E-state index in [1.54, 1.807) is 0 Å². The van der Waals surface area contributed by atoms with Crippen LogP contribution in [-0.2, 0) is 4.79 Å². The van der Waals surface area contributed by atoms with Crippen molar-refractivity contribution in [2.45, 2.75) is 26.8 Å². The number of rotatable bonds is 7. The number of carbonyl (C=O) groups is 1. The molecule has 0 bridgehead atoms. The van der Waals surface area contributed by atoms with Crippen LogP contribution in [0.1, 0.15) is 32.4 Å². The molecule has 1 unspecified atom stereocenters. The molecule has 1 amide bonds. The third-order valence-corrected chi connectivity index (χ3v) is 4.39. The van der Waals surface area contributed by atoms with E-state index in [1.807, 2.05) is 74.5 Å². The number of benzene rings is 3. The molecule has 0 aliphatic heterocycles. The number of carbonyl (C=O) groups excluding carboxylic acids is 1. The van der Waals surface area contributed by atoms with Crippen molar-refractivity contribution in [1.82, 2.24) is 5.32 Å². The van der Waals surface area contributed by atoms with Gasteiger partial charge in [0.15, 0.2) is 0 Å². The van der Waals surface area contributed by atoms with Crippen LogP contribution in [0.15, 0.2) is 72.8 Å². The minimum atomic E-state index is -0.0281. The van der Waals surface area contributed by atoms with Crippen LogP contribution in [0.3, 0.4) is 0 Å². The lowest BCUT2D eigenvalue weighted by atomic mass is 10.0. The highest BCUT2D eigenvalue weighted by molar-refractivity contribution is 5.73. The summed E-state index contributed by atoms with van der Waals surface area (Å²) in [7, 11) is 0. The molecule has 0 aliphatic rings. The van der Waals surface area contributed by atoms with Crippen molar-refractivity contribution < 1.29 is 14.3 Å². The van der Waals surface area contributed by atoms with Crippen molar-refractivity contribution in [2.24, 2.45) is 0 Å². The Morgan fingerprint density at radius 2 is 1.29 bits per heavy atom. The quantitative estimate of drug-likeness (QED) is 0.573. The lowest BCUT2D eigenvalue weighted by Crippen LogP contribution is -2.23. The van der Waals surface area contributed by atoms with Gasteiger partial charge in [-0.2, -0.15) is 0 Å². The average Bonchev–Trinajstić information content (AvgIpc) is 2.70. The lowest BCUT2D eigenvalue weighted by molar-refractivity contribution is -0.119. The van der Waals surface area contributed by atoms with E-state index in [1.165, 1.54) is 6.92 Å². The Kier molecular flexibility index (Phi) is 6.33. The zero-order chi connectivity index (χ0) is 19.9. The molecule has 144 valence electrons. The first-order valence-corrected chi connectivity index (χ1v) is 9.43. The standard InChI is InChI=1S/C24H25NO3/c1-4-27-22-13-15-24(16-14-22)28-23-11-9-21(10-12-23)20-7-5-19(6-8-20)17(2)25-18(3)26/h5-17H,4H2,1-3H3,(H,25,26). The third-order valence-electron chi connectivity index (χ3n) is 4.39. The summed E-state index contributed by atoms with van der Waals surface area (Å²) in [6.45, 7) is 6.11. The molecule has 0 spiro atoms. The summed E-state index contributed by atoms with van der Waals surface area (Å²) in [4.78, 5) is 11.2. The normalized spacial score (nSPS) is 11.5. The zero-order valence-corrected chi connectivity index (χ0v) is 16.4. The zero-order valence-electron chi connectivity index (χ0n) is 16.4. The van der Waals surface area contributed by atoms with E-state index in [0.717, 1.165) is 33.9 Å². The van der Waals surface area contributed by atoms with Gasteiger partial charge in [0.25, 0.3) is 0 Å². The van der Waals surface area contributed by atoms with Crippen LogP contribution < -0.4 is 14.8 Å². The molecule has 0 radical (unpaired) electrons. The molecule has 4 heteroatoms. The summed E-state index contributed by atoms with van der Waals surface area (Å²) < 4.78 is 11.3. The summed E-state index contributed by atoms with van der Waals surface area (Å²) in [6.07, 6.45) is 0. The second kappa shape index (κ2) is 9.09. The van der Waals surface area contributed by atoms with Crippen LogP contribution in [-0.4, -0.2) is 12.5 Å². The van der Waals surface area contributed by atoms with Gasteiger partial charge in [-0.1, -0.05) is 36.4 Å². The fraction of sp³-hybridized carbons (Fsp3) is 0.208. The highest BCUT2D eigenvalue weighted by Gasteiger charge is 2.07. The Balaban J connectivity index is 1.66. The van der Waals surface area contributed by atoms with Crippen LogP contribution in [0.5, 0.6) is 17.2 Å². The maximum absolute atomic E-state index is 11.2. The lowest BCUT2D eigenvalue weighted by Gasteiger charge is -2.13. The first-order valence-electron chi connectivity index (χ1n) is 9.43. The topological polar surface area (TPSA) is 47.6 Å². The molecule has 4 nitrogen and oxygen atoms in total. The summed E-state index contributed by atoms with van der Waals surface area (Å²) in [5.74, 6) is 2.36. The monoisotopic (exact) mass is 375 g/mol. The average molecular weight is 375 g/mol. The van der Waals surface area contributed by atoms with E-state index in [0.29, 0.717) is 6.61 Å². The number of nitrogens with one attached hydrogen (secondary N) is 1. The number of hydrogen-bond acceptors (Lipinski definition) is 3. The Labute approximate surface area is 166 Å². The van der Waals surface area contributed by atoms with Gasteiger partial charge in [-0.05, 0) is 66.9 Å². The second-order valence-electron chi connectivity index (χ2n) is 6.58. The van der Waals surface area contributed by atoms with Gasteiger partial charge in [-0.15, -0.1) is 0 Å². The molecule has 0 aromatic heterocycles. The Hall–Kier alpha value is -3.27. The third kappa shape index (κ3) is 5.13. The predicted molar refractivity (Wildman–Crippen MR) is 112 cm³/mol. The smallest absolute Gasteiger partial charge is 0.217 e. The van der Waals surface area contributed by atoms with Crippen molar-refractivity contribution in [2.75, 3.05) is 6.61 Å². The van der Waals surface area contributed by atoms with Gasteiger partial charge in [0.05, 0.1) is 12.6 Å². The van der Waals surface area contributed by atoms with Crippen molar-refractivity contribution >= 4 is 5.91 Å². The highest BCUT2D eigenvalue weighted by Crippen LogP contribution is 2.27. The number of hydrogen-bond donors (Lipinski definition) is 1. The van der Waals surface area contributed by atoms with E-state index in [4.69, 9.17) is 9.47 Å². The summed E-state index contributed by atoms with van der Waals surface area (Å²) in [5.41, 5.74) is 3.30. The molecule has 1 atom stereocenters. The van der Waals surface area contributed by atoms with E-state index in [2.05, 4.69) is 17.4 Å². The number of ether oxygens (including phenoxy) is 2. The van der Waals surface area contributed by atoms with Crippen LogP contribution >= 0.6 is 0 Å². The van der Waals surface area contributed by atoms with Gasteiger partial charge in [0.2, 0.25) is 5.91 Å². The predicted octanol–water partition coefficient (Wildman–Crippen LogP) is 5.74. The molecule has 0 saturated carbocycles. The molecule has 0 fully saturated rings. The fourth-order valence-electron chi connectivity index (χ4n) is 2.97. The fourth-order valence-corrected chi connectivity index (χ4v) is 2.97. The molecule has 28 heavy (non-hydrogen) atoms. The second-order valence-corrected chi connectivity index (χ2v) is 6.58. The maximum Gasteiger partial charge on any atom is 0.217 e. The van der Waals surface area contributed by atoms with E-state index in [-0.39, 0.29) is 11.9 Å². The van der Waals surface area contributed by atoms with Gasteiger partial charge in [0, 0.05) is 6.92 Å². The Bertz CT molecular complexity index is 900. The van der Waals surface area contributed by atoms with Crippen molar-refractivity contribution in [3.8, 4) is 28.4 Å². The van der Waals surface area contributed by atoms with Gasteiger partial charge in [-0.3, -0.25) is 4.79 Å². The number of amides is 1. The van der Waals surface area contributed by atoms with Crippen molar-refractivity contribution in [3.05, 3.63) is 78.4 Å². The minimum Gasteiger partial charge on any atom is -0.494 e. The van der Waals surface area contributed by atoms with Gasteiger partial charge < -0.3 is 14.8 Å². The molecule has 3 rings (SSSR count). The molecule has 1 N–H and O–H groups in total. The highest BCUT2D eigenvalue weighted by atomic mass is 16.5. The van der Waals surface area contributed by atoms with Gasteiger partial charge in [0.1, 0.15) is 17.2 Å². The van der Waals surface area contributed by atoms with Crippen molar-refractivity contribution in [3.63, 3.8) is 0 Å². The first kappa shape index (κ1) is 19.5. The Morgan fingerprint density at radius 3 is 1.79 bits per heavy atom. The van der Waals surface area contributed by atoms with E-state index in [9.17, 15) is 4.79 Å². The van der Waals surface area contributed by atoms with Crippen LogP contribution in [0.25, 0.3) is 11.1 Å². The molecule has 0 aliphatic carbocycles. The largest absolute Gasteiger partial charge is 0.494 e. The molecule has 0 saturated heterocycles. The van der Waals surface area contributed by atoms with E-state index >= 15 is 0 Å². The van der Waals surface area contributed by atoms with Crippen molar-refractivity contribution in [1.29, 1.82) is 0 Å². The molecular weight excluding hydrogens is 350 g/mol. The summed E-state index contributed by atoms with van der Waals surface area (Å²) >= 11 is 0. The summed E-state index contributed by atoms with van der Waals surface area (Å²) in [5, 5.41) is 2.90. The van der Waals surface area contributed by atoms with Crippen LogP contribution in [0.2, 0.25) is 0 Å². The SMILES string of the molecule is CCOc1ccc(Oc2ccc(-c3ccc(C(C)NC(C)=O)cc3)cc2)cc1. The minimum absolute atomic E-state index is 0.00330. The van der Waals surface area contributed by atoms with E-state index < -0.39 is 0 Å². The van der Waals surface area contributed by atoms with Crippen LogP contribution in [0, 0.1) is 0 Å². The van der Waals surface area contributed by atoms with Gasteiger partial charge >= 0.3 is 0 Å². The van der Waals surface area contributed by atoms with Gasteiger partial charge in [-0.25, -0.2) is 0 Å². The van der Waals surface area contributed by atoms with Crippen LogP contribution in [0.4, 0.5) is 0 Å². The molecule has 0 heterocycles. The molecule has 3 aromatic rings. The molecular formula is C24H25NO3. The first-order chi connectivity index (χ1) is 13.5. The summed E-state index contributed by atoms with van der Waals surface area (Å²) in [6, 6.07) is 23.8. The Morgan fingerprint density at radius 1 is 0.821 bits per heavy atom. The maximum atomic E-state index is 11.2. The molecule has 3 aromatic carbocycles.